The van der Waals surface area contributed by atoms with Gasteiger partial charge in [0.15, 0.2) is 0 Å². The molecule has 1 heterocycles. The smallest absolute Gasteiger partial charge is 0.319 e. The zero-order valence-corrected chi connectivity index (χ0v) is 17.0. The Kier molecular flexibility index (Phi) is 6.42. The Bertz CT molecular complexity index is 1190. The summed E-state index contributed by atoms with van der Waals surface area (Å²) in [4.78, 5) is 12.3. The van der Waals surface area contributed by atoms with E-state index in [1.807, 2.05) is 95.8 Å². The van der Waals surface area contributed by atoms with Gasteiger partial charge in [-0.15, -0.1) is 0 Å². The summed E-state index contributed by atoms with van der Waals surface area (Å²) in [5, 5.41) is 9.96. The number of carbonyl (C=O) groups is 1. The Morgan fingerprint density at radius 3 is 2.35 bits per heavy atom. The van der Waals surface area contributed by atoms with Gasteiger partial charge in [-0.3, -0.25) is 4.68 Å². The highest BCUT2D eigenvalue weighted by Crippen LogP contribution is 2.11. The summed E-state index contributed by atoms with van der Waals surface area (Å²) in [6.45, 7) is 1.17. The molecule has 0 bridgehead atoms. The second-order valence-corrected chi connectivity index (χ2v) is 7.02. The molecule has 0 aliphatic heterocycles. The van der Waals surface area contributed by atoms with Crippen molar-refractivity contribution >= 4 is 11.7 Å². The van der Waals surface area contributed by atoms with Gasteiger partial charge in [-0.1, -0.05) is 60.4 Å². The fourth-order valence-corrected chi connectivity index (χ4v) is 3.04. The summed E-state index contributed by atoms with van der Waals surface area (Å²) in [5.41, 5.74) is 4.68. The average Bonchev–Trinajstić information content (AvgIpc) is 3.31. The van der Waals surface area contributed by atoms with Crippen LogP contribution in [0, 0.1) is 11.8 Å². The molecule has 5 nitrogen and oxygen atoms in total. The van der Waals surface area contributed by atoms with Crippen molar-refractivity contribution in [1.82, 2.24) is 15.1 Å². The van der Waals surface area contributed by atoms with E-state index < -0.39 is 0 Å². The van der Waals surface area contributed by atoms with Crippen molar-refractivity contribution in [3.05, 3.63) is 120 Å². The minimum atomic E-state index is -0.256. The summed E-state index contributed by atoms with van der Waals surface area (Å²) < 4.78 is 1.87. The Balaban J connectivity index is 1.29. The third-order valence-corrected chi connectivity index (χ3v) is 4.63. The van der Waals surface area contributed by atoms with Gasteiger partial charge in [0, 0.05) is 35.8 Å². The second kappa shape index (κ2) is 9.95. The highest BCUT2D eigenvalue weighted by atomic mass is 16.2. The number of carbonyl (C=O) groups excluding carboxylic acids is 1. The zero-order valence-electron chi connectivity index (χ0n) is 17.0. The molecule has 31 heavy (non-hydrogen) atoms. The van der Waals surface area contributed by atoms with Gasteiger partial charge in [0.2, 0.25) is 0 Å². The molecule has 2 N–H and O–H groups in total. The van der Waals surface area contributed by atoms with Gasteiger partial charge in [0.05, 0.1) is 6.54 Å². The van der Waals surface area contributed by atoms with Gasteiger partial charge in [-0.25, -0.2) is 4.79 Å². The summed E-state index contributed by atoms with van der Waals surface area (Å²) in [6, 6.07) is 27.1. The van der Waals surface area contributed by atoms with E-state index in [0.29, 0.717) is 12.2 Å². The third kappa shape index (κ3) is 6.09. The lowest BCUT2D eigenvalue weighted by molar-refractivity contribution is 0.251. The number of amides is 2. The number of nitrogens with zero attached hydrogens (tertiary/aromatic N) is 2. The Morgan fingerprint density at radius 2 is 1.58 bits per heavy atom. The Morgan fingerprint density at radius 1 is 0.839 bits per heavy atom. The Hall–Kier alpha value is -4.30. The molecular weight excluding hydrogens is 384 g/mol. The van der Waals surface area contributed by atoms with Crippen molar-refractivity contribution in [1.29, 1.82) is 0 Å². The topological polar surface area (TPSA) is 59.0 Å². The molecule has 152 valence electrons. The van der Waals surface area contributed by atoms with Gasteiger partial charge >= 0.3 is 6.03 Å². The maximum atomic E-state index is 12.3. The molecule has 0 fully saturated rings. The lowest BCUT2D eigenvalue weighted by Gasteiger charge is -2.09. The quantitative estimate of drug-likeness (QED) is 0.474. The zero-order chi connectivity index (χ0) is 21.3. The van der Waals surface area contributed by atoms with E-state index >= 15 is 0 Å². The largest absolute Gasteiger partial charge is 0.334 e. The molecule has 0 atom stereocenters. The van der Waals surface area contributed by atoms with Crippen molar-refractivity contribution in [3.63, 3.8) is 0 Å². The molecule has 4 aromatic rings. The van der Waals surface area contributed by atoms with Crippen molar-refractivity contribution in [2.45, 2.75) is 13.1 Å². The molecule has 5 heteroatoms. The predicted molar refractivity (Wildman–Crippen MR) is 122 cm³/mol. The molecule has 0 aliphatic carbocycles. The van der Waals surface area contributed by atoms with Crippen molar-refractivity contribution in [2.24, 2.45) is 0 Å². The summed E-state index contributed by atoms with van der Waals surface area (Å²) >= 11 is 0. The van der Waals surface area contributed by atoms with Gasteiger partial charge < -0.3 is 10.6 Å². The third-order valence-electron chi connectivity index (χ3n) is 4.63. The number of urea groups is 1. The van der Waals surface area contributed by atoms with Crippen LogP contribution in [0.15, 0.2) is 97.3 Å². The van der Waals surface area contributed by atoms with Crippen LogP contribution in [-0.2, 0) is 13.1 Å². The molecule has 0 aliphatic rings. The molecule has 1 aromatic heterocycles. The lowest BCUT2D eigenvalue weighted by atomic mass is 10.1. The molecule has 4 rings (SSSR count). The van der Waals surface area contributed by atoms with Crippen LogP contribution in [0.1, 0.15) is 22.3 Å². The molecule has 0 unspecified atom stereocenters. The van der Waals surface area contributed by atoms with Gasteiger partial charge in [0.1, 0.15) is 0 Å². The Labute approximate surface area is 181 Å². The van der Waals surface area contributed by atoms with Gasteiger partial charge in [0.25, 0.3) is 0 Å². The van der Waals surface area contributed by atoms with E-state index in [-0.39, 0.29) is 6.03 Å². The number of aromatic nitrogens is 2. The van der Waals surface area contributed by atoms with E-state index in [0.717, 1.165) is 28.8 Å². The highest BCUT2D eigenvalue weighted by molar-refractivity contribution is 5.89. The first-order valence-corrected chi connectivity index (χ1v) is 10.0. The van der Waals surface area contributed by atoms with E-state index in [1.165, 1.54) is 0 Å². The van der Waals surface area contributed by atoms with Crippen LogP contribution in [0.2, 0.25) is 0 Å². The van der Waals surface area contributed by atoms with Crippen LogP contribution in [0.4, 0.5) is 10.5 Å². The van der Waals surface area contributed by atoms with Crippen molar-refractivity contribution < 1.29 is 4.79 Å². The minimum absolute atomic E-state index is 0.256. The molecule has 0 radical (unpaired) electrons. The lowest BCUT2D eigenvalue weighted by Crippen LogP contribution is -2.28. The predicted octanol–water partition coefficient (Wildman–Crippen LogP) is 4.65. The monoisotopic (exact) mass is 406 g/mol. The molecular formula is C26H22N4O. The number of nitrogens with one attached hydrogen (secondary N) is 2. The van der Waals surface area contributed by atoms with Crippen molar-refractivity contribution in [3.8, 4) is 11.8 Å². The van der Waals surface area contributed by atoms with Crippen molar-refractivity contribution in [2.75, 3.05) is 5.32 Å². The second-order valence-electron chi connectivity index (χ2n) is 7.02. The summed E-state index contributed by atoms with van der Waals surface area (Å²) in [6.07, 6.45) is 3.70. The normalized spacial score (nSPS) is 10.1. The first kappa shape index (κ1) is 20.0. The number of anilines is 1. The molecule has 3 aromatic carbocycles. The van der Waals surface area contributed by atoms with E-state index in [1.54, 1.807) is 6.20 Å². The average molecular weight is 406 g/mol. The van der Waals surface area contributed by atoms with E-state index in [9.17, 15) is 4.79 Å². The summed E-state index contributed by atoms with van der Waals surface area (Å²) in [5.74, 6) is 6.25. The van der Waals surface area contributed by atoms with Crippen LogP contribution < -0.4 is 10.6 Å². The maximum absolute atomic E-state index is 12.3. The van der Waals surface area contributed by atoms with E-state index in [2.05, 4.69) is 27.6 Å². The minimum Gasteiger partial charge on any atom is -0.334 e. The van der Waals surface area contributed by atoms with Crippen LogP contribution in [0.25, 0.3) is 0 Å². The van der Waals surface area contributed by atoms with Gasteiger partial charge in [-0.2, -0.15) is 5.10 Å². The van der Waals surface area contributed by atoms with Crippen LogP contribution in [0.3, 0.4) is 0 Å². The van der Waals surface area contributed by atoms with E-state index in [4.69, 9.17) is 0 Å². The van der Waals surface area contributed by atoms with Crippen LogP contribution >= 0.6 is 0 Å². The van der Waals surface area contributed by atoms with Gasteiger partial charge in [-0.05, 0) is 47.5 Å². The fraction of sp³-hybridized carbons (Fsp3) is 0.0769. The number of benzene rings is 3. The van der Waals surface area contributed by atoms with Crippen LogP contribution in [-0.4, -0.2) is 15.8 Å². The molecule has 0 spiro atoms. The number of hydrogen-bond donors (Lipinski definition) is 2. The van der Waals surface area contributed by atoms with Crippen LogP contribution in [0.5, 0.6) is 0 Å². The number of hydrogen-bond acceptors (Lipinski definition) is 2. The molecule has 0 saturated heterocycles. The first-order valence-electron chi connectivity index (χ1n) is 10.0. The first-order chi connectivity index (χ1) is 15.2. The molecule has 0 saturated carbocycles. The fourth-order valence-electron chi connectivity index (χ4n) is 3.04. The SMILES string of the molecule is O=C(NCc1ccc(Cn2cccn2)cc1)Nc1cccc(C#Cc2ccccc2)c1. The number of rotatable bonds is 5. The highest BCUT2D eigenvalue weighted by Gasteiger charge is 2.03. The maximum Gasteiger partial charge on any atom is 0.319 e. The standard InChI is InChI=1S/C26H22N4O/c31-26(27-19-23-12-14-24(15-13-23)20-30-17-5-16-28-30)29-25-9-4-8-22(18-25)11-10-21-6-2-1-3-7-21/h1-9,12-18H,19-20H2,(H2,27,29,31). The summed E-state index contributed by atoms with van der Waals surface area (Å²) in [7, 11) is 0. The molecule has 2 amide bonds.